The first kappa shape index (κ1) is 21.2. The van der Waals surface area contributed by atoms with Gasteiger partial charge >= 0.3 is 0 Å². The van der Waals surface area contributed by atoms with E-state index in [0.29, 0.717) is 32.7 Å². The van der Waals surface area contributed by atoms with Gasteiger partial charge in [-0.25, -0.2) is 4.98 Å². The van der Waals surface area contributed by atoms with Crippen LogP contribution in [0.4, 0.5) is 0 Å². The van der Waals surface area contributed by atoms with Crippen LogP contribution in [-0.4, -0.2) is 49.1 Å². The lowest BCUT2D eigenvalue weighted by Gasteiger charge is -2.12. The van der Waals surface area contributed by atoms with Crippen molar-refractivity contribution >= 4 is 34.8 Å². The predicted molar refractivity (Wildman–Crippen MR) is 129 cm³/mol. The summed E-state index contributed by atoms with van der Waals surface area (Å²) in [5.74, 6) is 0.511. The van der Waals surface area contributed by atoms with Gasteiger partial charge in [0.15, 0.2) is 5.82 Å². The van der Waals surface area contributed by atoms with Crippen LogP contribution in [0.2, 0.25) is 10.0 Å². The van der Waals surface area contributed by atoms with Crippen molar-refractivity contribution in [2.45, 2.75) is 0 Å². The van der Waals surface area contributed by atoms with Crippen molar-refractivity contribution in [1.82, 2.24) is 29.0 Å². The first-order valence-electron chi connectivity index (χ1n) is 10.1. The summed E-state index contributed by atoms with van der Waals surface area (Å²) in [7, 11) is 3.45. The van der Waals surface area contributed by atoms with Gasteiger partial charge < -0.3 is 4.90 Å². The van der Waals surface area contributed by atoms with E-state index in [0.717, 1.165) is 17.0 Å². The molecule has 0 aliphatic carbocycles. The molecular formula is C24H18Cl2N6O. The minimum Gasteiger partial charge on any atom is -0.345 e. The third-order valence-electron chi connectivity index (χ3n) is 5.27. The van der Waals surface area contributed by atoms with Crippen LogP contribution in [0.1, 0.15) is 10.4 Å². The van der Waals surface area contributed by atoms with Crippen molar-refractivity contribution in [3.8, 4) is 28.5 Å². The molecular weight excluding hydrogens is 459 g/mol. The highest BCUT2D eigenvalue weighted by molar-refractivity contribution is 6.35. The van der Waals surface area contributed by atoms with Crippen molar-refractivity contribution in [3.05, 3.63) is 88.8 Å². The van der Waals surface area contributed by atoms with Gasteiger partial charge in [0, 0.05) is 42.1 Å². The standard InChI is InChI=1S/C24H18Cl2N6O/c1-30(2)24(33)15-6-9-17(10-7-15)32-14-27-29-23(32)22-21(18-13-16(25)8-11-19(18)26)28-20-5-3-4-12-31(20)22/h3-14H,1-2H3. The van der Waals surface area contributed by atoms with E-state index in [4.69, 9.17) is 28.2 Å². The highest BCUT2D eigenvalue weighted by Gasteiger charge is 2.23. The van der Waals surface area contributed by atoms with Crippen molar-refractivity contribution in [1.29, 1.82) is 0 Å². The van der Waals surface area contributed by atoms with E-state index in [2.05, 4.69) is 10.2 Å². The molecule has 0 saturated carbocycles. The molecule has 3 aromatic heterocycles. The van der Waals surface area contributed by atoms with E-state index < -0.39 is 0 Å². The van der Waals surface area contributed by atoms with Crippen LogP contribution in [-0.2, 0) is 0 Å². The molecule has 1 amide bonds. The molecule has 0 spiro atoms. The van der Waals surface area contributed by atoms with Crippen molar-refractivity contribution in [2.24, 2.45) is 0 Å². The molecule has 0 fully saturated rings. The minimum absolute atomic E-state index is 0.0646. The molecule has 0 aliphatic heterocycles. The zero-order valence-corrected chi connectivity index (χ0v) is 19.3. The van der Waals surface area contributed by atoms with Crippen LogP contribution in [0.25, 0.3) is 34.1 Å². The van der Waals surface area contributed by atoms with Gasteiger partial charge in [0.1, 0.15) is 23.4 Å². The van der Waals surface area contributed by atoms with Crippen molar-refractivity contribution in [2.75, 3.05) is 14.1 Å². The molecule has 5 aromatic rings. The van der Waals surface area contributed by atoms with Crippen molar-refractivity contribution in [3.63, 3.8) is 0 Å². The smallest absolute Gasteiger partial charge is 0.253 e. The maximum absolute atomic E-state index is 12.3. The van der Waals surface area contributed by atoms with Gasteiger partial charge in [-0.15, -0.1) is 10.2 Å². The number of benzene rings is 2. The number of hydrogen-bond acceptors (Lipinski definition) is 4. The summed E-state index contributed by atoms with van der Waals surface area (Å²) in [5.41, 5.74) is 4.20. The second-order valence-corrected chi connectivity index (χ2v) is 8.48. The van der Waals surface area contributed by atoms with E-state index >= 15 is 0 Å². The Morgan fingerprint density at radius 3 is 2.55 bits per heavy atom. The molecule has 0 unspecified atom stereocenters. The SMILES string of the molecule is CN(C)C(=O)c1ccc(-n2cnnc2-c2c(-c3cc(Cl)ccc3Cl)nc3ccccn23)cc1. The number of hydrogen-bond donors (Lipinski definition) is 0. The third-order valence-corrected chi connectivity index (χ3v) is 5.84. The molecule has 7 nitrogen and oxygen atoms in total. The summed E-state index contributed by atoms with van der Waals surface area (Å²) < 4.78 is 3.79. The molecule has 3 heterocycles. The van der Waals surface area contributed by atoms with Crippen LogP contribution < -0.4 is 0 Å². The fourth-order valence-corrected chi connectivity index (χ4v) is 4.06. The van der Waals surface area contributed by atoms with E-state index in [1.807, 2.05) is 45.5 Å². The van der Waals surface area contributed by atoms with Gasteiger partial charge in [0.25, 0.3) is 5.91 Å². The number of amides is 1. The quantitative estimate of drug-likeness (QED) is 0.354. The highest BCUT2D eigenvalue weighted by atomic mass is 35.5. The number of aromatic nitrogens is 5. The van der Waals surface area contributed by atoms with Gasteiger partial charge in [0.05, 0.1) is 5.02 Å². The molecule has 0 saturated heterocycles. The summed E-state index contributed by atoms with van der Waals surface area (Å²) in [4.78, 5) is 18.6. The van der Waals surface area contributed by atoms with Crippen LogP contribution in [0.15, 0.2) is 73.2 Å². The van der Waals surface area contributed by atoms with E-state index in [1.54, 1.807) is 55.7 Å². The van der Waals surface area contributed by atoms with Gasteiger partial charge in [0.2, 0.25) is 0 Å². The average molecular weight is 477 g/mol. The molecule has 0 N–H and O–H groups in total. The maximum atomic E-state index is 12.3. The van der Waals surface area contributed by atoms with Gasteiger partial charge in [-0.2, -0.15) is 0 Å². The molecule has 33 heavy (non-hydrogen) atoms. The lowest BCUT2D eigenvalue weighted by atomic mass is 10.1. The minimum atomic E-state index is -0.0646. The molecule has 0 radical (unpaired) electrons. The molecule has 0 bridgehead atoms. The number of carbonyl (C=O) groups excluding carboxylic acids is 1. The fourth-order valence-electron chi connectivity index (χ4n) is 3.68. The second-order valence-electron chi connectivity index (χ2n) is 7.63. The summed E-state index contributed by atoms with van der Waals surface area (Å²) >= 11 is 12.8. The van der Waals surface area contributed by atoms with E-state index in [-0.39, 0.29) is 5.91 Å². The average Bonchev–Trinajstić information content (AvgIpc) is 3.44. The highest BCUT2D eigenvalue weighted by Crippen LogP contribution is 2.37. The molecule has 9 heteroatoms. The number of imidazole rings is 1. The van der Waals surface area contributed by atoms with E-state index in [9.17, 15) is 4.79 Å². The summed E-state index contributed by atoms with van der Waals surface area (Å²) in [6.07, 6.45) is 3.54. The molecule has 2 aromatic carbocycles. The number of nitrogens with zero attached hydrogens (tertiary/aromatic N) is 6. The Morgan fingerprint density at radius 1 is 1.00 bits per heavy atom. The predicted octanol–water partition coefficient (Wildman–Crippen LogP) is 5.26. The Kier molecular flexibility index (Phi) is 5.36. The Bertz CT molecular complexity index is 1490. The van der Waals surface area contributed by atoms with Crippen LogP contribution >= 0.6 is 23.2 Å². The largest absolute Gasteiger partial charge is 0.345 e. The third kappa shape index (κ3) is 3.75. The van der Waals surface area contributed by atoms with Gasteiger partial charge in [-0.1, -0.05) is 29.3 Å². The van der Waals surface area contributed by atoms with E-state index in [1.165, 1.54) is 0 Å². The van der Waals surface area contributed by atoms with Gasteiger partial charge in [-0.05, 0) is 54.6 Å². The number of halogens is 2. The number of pyridine rings is 1. The van der Waals surface area contributed by atoms with Crippen LogP contribution in [0.3, 0.4) is 0 Å². The Hall–Kier alpha value is -3.68. The Balaban J connectivity index is 1.70. The lowest BCUT2D eigenvalue weighted by Crippen LogP contribution is -2.21. The van der Waals surface area contributed by atoms with Crippen LogP contribution in [0, 0.1) is 0 Å². The zero-order valence-electron chi connectivity index (χ0n) is 17.8. The lowest BCUT2D eigenvalue weighted by molar-refractivity contribution is 0.0827. The number of rotatable bonds is 4. The summed E-state index contributed by atoms with van der Waals surface area (Å²) in [6, 6.07) is 18.3. The number of fused-ring (bicyclic) bond motifs is 1. The first-order chi connectivity index (χ1) is 15.9. The summed E-state index contributed by atoms with van der Waals surface area (Å²) in [5, 5.41) is 9.65. The Labute approximate surface area is 199 Å². The first-order valence-corrected chi connectivity index (χ1v) is 10.8. The number of carbonyl (C=O) groups is 1. The van der Waals surface area contributed by atoms with Crippen LogP contribution in [0.5, 0.6) is 0 Å². The van der Waals surface area contributed by atoms with Crippen molar-refractivity contribution < 1.29 is 4.79 Å². The summed E-state index contributed by atoms with van der Waals surface area (Å²) in [6.45, 7) is 0. The zero-order chi connectivity index (χ0) is 23.1. The molecule has 164 valence electrons. The Morgan fingerprint density at radius 2 is 1.79 bits per heavy atom. The fraction of sp³-hybridized carbons (Fsp3) is 0.0833. The molecule has 0 aliphatic rings. The normalized spacial score (nSPS) is 11.2. The molecule has 0 atom stereocenters. The molecule has 5 rings (SSSR count). The van der Waals surface area contributed by atoms with Gasteiger partial charge in [-0.3, -0.25) is 13.8 Å². The second kappa shape index (κ2) is 8.35. The topological polar surface area (TPSA) is 68.3 Å². The monoisotopic (exact) mass is 476 g/mol. The maximum Gasteiger partial charge on any atom is 0.253 e.